The van der Waals surface area contributed by atoms with E-state index in [1.165, 1.54) is 48.5 Å². The van der Waals surface area contributed by atoms with Crippen LogP contribution in [0.4, 0.5) is 10.1 Å². The summed E-state index contributed by atoms with van der Waals surface area (Å²) in [5.74, 6) is 0.138. The van der Waals surface area contributed by atoms with Crippen molar-refractivity contribution in [3.63, 3.8) is 0 Å². The Hall–Kier alpha value is -2.78. The van der Waals surface area contributed by atoms with Crippen LogP contribution in [0.5, 0.6) is 0 Å². The van der Waals surface area contributed by atoms with Gasteiger partial charge in [-0.15, -0.1) is 10.2 Å². The molecular weight excluding hydrogens is 349 g/mol. The molecule has 0 saturated carbocycles. The molecule has 3 rings (SSSR count). The fourth-order valence-electron chi connectivity index (χ4n) is 2.04. The van der Waals surface area contributed by atoms with Crippen molar-refractivity contribution in [2.45, 2.75) is 11.3 Å². The topological polar surface area (TPSA) is 102 Å². The molecule has 0 bridgehead atoms. The van der Waals surface area contributed by atoms with E-state index in [0.29, 0.717) is 11.1 Å². The molecule has 0 aliphatic carbocycles. The number of nitro benzene ring substituents is 1. The van der Waals surface area contributed by atoms with E-state index in [4.69, 9.17) is 4.42 Å². The standard InChI is InChI=1S/C16H12FN3O4S/c17-12-5-1-11(2-6-12)15-18-19-16(24-15)25-9-14(21)10-3-7-13(8-4-10)20(22)23/h1-8,14,21H,9H2/t14-/m0/s1. The van der Waals surface area contributed by atoms with E-state index in [0.717, 1.165) is 11.8 Å². The molecule has 7 nitrogen and oxygen atoms in total. The first-order valence-corrected chi connectivity index (χ1v) is 8.16. The predicted octanol–water partition coefficient (Wildman–Crippen LogP) is 3.61. The van der Waals surface area contributed by atoms with E-state index in [2.05, 4.69) is 10.2 Å². The van der Waals surface area contributed by atoms with Crippen LogP contribution in [0.15, 0.2) is 58.2 Å². The molecule has 1 heterocycles. The number of halogens is 1. The number of nitrogens with zero attached hydrogens (tertiary/aromatic N) is 3. The molecule has 0 aliphatic rings. The van der Waals surface area contributed by atoms with Crippen LogP contribution < -0.4 is 0 Å². The number of non-ortho nitro benzene ring substituents is 1. The second-order valence-corrected chi connectivity index (χ2v) is 6.03. The van der Waals surface area contributed by atoms with Crippen molar-refractivity contribution in [2.75, 3.05) is 5.75 Å². The molecule has 9 heteroatoms. The number of benzene rings is 2. The van der Waals surface area contributed by atoms with Crippen molar-refractivity contribution in [1.82, 2.24) is 10.2 Å². The third kappa shape index (κ3) is 4.20. The van der Waals surface area contributed by atoms with Crippen LogP contribution in [0.2, 0.25) is 0 Å². The Labute approximate surface area is 145 Å². The lowest BCUT2D eigenvalue weighted by molar-refractivity contribution is -0.384. The first kappa shape index (κ1) is 17.1. The van der Waals surface area contributed by atoms with Crippen molar-refractivity contribution < 1.29 is 18.8 Å². The van der Waals surface area contributed by atoms with Gasteiger partial charge in [-0.1, -0.05) is 11.8 Å². The minimum Gasteiger partial charge on any atom is -0.411 e. The fraction of sp³-hybridized carbons (Fsp3) is 0.125. The SMILES string of the molecule is O=[N+]([O-])c1ccc([C@@H](O)CSc2nnc(-c3ccc(F)cc3)o2)cc1. The van der Waals surface area contributed by atoms with Gasteiger partial charge in [-0.3, -0.25) is 10.1 Å². The smallest absolute Gasteiger partial charge is 0.276 e. The number of aliphatic hydroxyl groups excluding tert-OH is 1. The first-order valence-electron chi connectivity index (χ1n) is 7.17. The van der Waals surface area contributed by atoms with Crippen LogP contribution in [-0.4, -0.2) is 26.0 Å². The van der Waals surface area contributed by atoms with Crippen molar-refractivity contribution in [3.8, 4) is 11.5 Å². The molecule has 0 radical (unpaired) electrons. The van der Waals surface area contributed by atoms with Gasteiger partial charge in [-0.05, 0) is 42.0 Å². The van der Waals surface area contributed by atoms with Crippen LogP contribution in [0.1, 0.15) is 11.7 Å². The minimum atomic E-state index is -0.841. The van der Waals surface area contributed by atoms with Gasteiger partial charge in [0.1, 0.15) is 5.82 Å². The summed E-state index contributed by atoms with van der Waals surface area (Å²) in [7, 11) is 0. The Morgan fingerprint density at radius 1 is 1.16 bits per heavy atom. The number of nitro groups is 1. The maximum Gasteiger partial charge on any atom is 0.276 e. The van der Waals surface area contributed by atoms with E-state index in [1.807, 2.05) is 0 Å². The second-order valence-electron chi connectivity index (χ2n) is 5.06. The zero-order valence-electron chi connectivity index (χ0n) is 12.7. The summed E-state index contributed by atoms with van der Waals surface area (Å²) in [6.45, 7) is 0. The lowest BCUT2D eigenvalue weighted by atomic mass is 10.1. The summed E-state index contributed by atoms with van der Waals surface area (Å²) in [5, 5.41) is 28.8. The maximum absolute atomic E-state index is 12.9. The molecule has 0 spiro atoms. The highest BCUT2D eigenvalue weighted by Gasteiger charge is 2.14. The van der Waals surface area contributed by atoms with Crippen LogP contribution in [0, 0.1) is 15.9 Å². The van der Waals surface area contributed by atoms with Crippen molar-refractivity contribution >= 4 is 17.4 Å². The Kier molecular flexibility index (Phi) is 5.05. The van der Waals surface area contributed by atoms with Gasteiger partial charge in [-0.25, -0.2) is 4.39 Å². The summed E-state index contributed by atoms with van der Waals surface area (Å²) in [4.78, 5) is 10.1. The van der Waals surface area contributed by atoms with Crippen molar-refractivity contribution in [3.05, 3.63) is 70.0 Å². The highest BCUT2D eigenvalue weighted by atomic mass is 32.2. The molecule has 0 amide bonds. The third-order valence-electron chi connectivity index (χ3n) is 3.35. The van der Waals surface area contributed by atoms with Crippen LogP contribution in [-0.2, 0) is 0 Å². The summed E-state index contributed by atoms with van der Waals surface area (Å²) in [6.07, 6.45) is -0.841. The van der Waals surface area contributed by atoms with E-state index in [1.54, 1.807) is 0 Å². The second kappa shape index (κ2) is 7.41. The molecular formula is C16H12FN3O4S. The number of aliphatic hydroxyl groups is 1. The summed E-state index contributed by atoms with van der Waals surface area (Å²) < 4.78 is 18.4. The van der Waals surface area contributed by atoms with Crippen molar-refractivity contribution in [1.29, 1.82) is 0 Å². The van der Waals surface area contributed by atoms with E-state index >= 15 is 0 Å². The summed E-state index contributed by atoms with van der Waals surface area (Å²) in [5.41, 5.74) is 1.11. The van der Waals surface area contributed by atoms with E-state index in [9.17, 15) is 19.6 Å². The molecule has 1 aromatic heterocycles. The molecule has 0 unspecified atom stereocenters. The normalized spacial score (nSPS) is 12.1. The third-order valence-corrected chi connectivity index (χ3v) is 4.25. The Bertz CT molecular complexity index is 868. The van der Waals surface area contributed by atoms with Gasteiger partial charge in [0.05, 0.1) is 11.0 Å². The largest absolute Gasteiger partial charge is 0.411 e. The van der Waals surface area contributed by atoms with Gasteiger partial charge < -0.3 is 9.52 Å². The van der Waals surface area contributed by atoms with Crippen LogP contribution in [0.3, 0.4) is 0 Å². The first-order chi connectivity index (χ1) is 12.0. The molecule has 0 fully saturated rings. The Morgan fingerprint density at radius 2 is 1.84 bits per heavy atom. The van der Waals surface area contributed by atoms with Crippen LogP contribution in [0.25, 0.3) is 11.5 Å². The van der Waals surface area contributed by atoms with Gasteiger partial charge in [0, 0.05) is 23.4 Å². The number of hydrogen-bond donors (Lipinski definition) is 1. The monoisotopic (exact) mass is 361 g/mol. The van der Waals surface area contributed by atoms with Gasteiger partial charge >= 0.3 is 0 Å². The van der Waals surface area contributed by atoms with Gasteiger partial charge in [0.25, 0.3) is 10.9 Å². The summed E-state index contributed by atoms with van der Waals surface area (Å²) >= 11 is 1.15. The molecule has 128 valence electrons. The number of hydrogen-bond acceptors (Lipinski definition) is 7. The number of thioether (sulfide) groups is 1. The maximum atomic E-state index is 12.9. The minimum absolute atomic E-state index is 0.0376. The van der Waals surface area contributed by atoms with E-state index < -0.39 is 11.0 Å². The molecule has 2 aromatic carbocycles. The molecule has 3 aromatic rings. The highest BCUT2D eigenvalue weighted by Crippen LogP contribution is 2.27. The Balaban J connectivity index is 1.61. The van der Waals surface area contributed by atoms with Gasteiger partial charge in [-0.2, -0.15) is 0 Å². The lowest BCUT2D eigenvalue weighted by Gasteiger charge is -2.08. The quantitative estimate of drug-likeness (QED) is 0.406. The highest BCUT2D eigenvalue weighted by molar-refractivity contribution is 7.99. The lowest BCUT2D eigenvalue weighted by Crippen LogP contribution is -2.00. The molecule has 0 saturated heterocycles. The fourth-order valence-corrected chi connectivity index (χ4v) is 2.77. The zero-order chi connectivity index (χ0) is 17.8. The van der Waals surface area contributed by atoms with Gasteiger partial charge in [0.15, 0.2) is 0 Å². The molecule has 0 aliphatic heterocycles. The average molecular weight is 361 g/mol. The van der Waals surface area contributed by atoms with E-state index in [-0.39, 0.29) is 28.4 Å². The van der Waals surface area contributed by atoms with Crippen LogP contribution >= 0.6 is 11.8 Å². The molecule has 1 N–H and O–H groups in total. The zero-order valence-corrected chi connectivity index (χ0v) is 13.5. The van der Waals surface area contributed by atoms with Crippen molar-refractivity contribution in [2.24, 2.45) is 0 Å². The van der Waals surface area contributed by atoms with Gasteiger partial charge in [0.2, 0.25) is 5.89 Å². The average Bonchev–Trinajstić information content (AvgIpc) is 3.09. The number of rotatable bonds is 6. The molecule has 1 atom stereocenters. The number of aromatic nitrogens is 2. The predicted molar refractivity (Wildman–Crippen MR) is 88.5 cm³/mol. The molecule has 25 heavy (non-hydrogen) atoms. The summed E-state index contributed by atoms with van der Waals surface area (Å²) in [6, 6.07) is 11.3. The Morgan fingerprint density at radius 3 is 2.48 bits per heavy atom.